The zero-order chi connectivity index (χ0) is 12.3. The van der Waals surface area contributed by atoms with E-state index in [4.69, 9.17) is 4.42 Å². The summed E-state index contributed by atoms with van der Waals surface area (Å²) in [6.07, 6.45) is 3.70. The molecule has 1 N–H and O–H groups in total. The van der Waals surface area contributed by atoms with Crippen molar-refractivity contribution < 1.29 is 4.42 Å². The maximum Gasteiger partial charge on any atom is 0.169 e. The van der Waals surface area contributed by atoms with Crippen LogP contribution in [0.15, 0.2) is 39.7 Å². The van der Waals surface area contributed by atoms with Crippen LogP contribution in [0.3, 0.4) is 0 Å². The number of hydrogen-bond donors (Lipinski definition) is 1. The van der Waals surface area contributed by atoms with E-state index in [1.54, 1.807) is 0 Å². The molecule has 3 nitrogen and oxygen atoms in total. The third kappa shape index (κ3) is 3.17. The summed E-state index contributed by atoms with van der Waals surface area (Å²) >= 11 is 3.31. The predicted octanol–water partition coefficient (Wildman–Crippen LogP) is 3.60. The lowest BCUT2D eigenvalue weighted by atomic mass is 10.1. The first-order valence-corrected chi connectivity index (χ1v) is 6.34. The van der Waals surface area contributed by atoms with Gasteiger partial charge in [-0.15, -0.1) is 0 Å². The first-order chi connectivity index (χ1) is 8.16. The number of furan rings is 1. The molecule has 1 unspecified atom stereocenters. The van der Waals surface area contributed by atoms with E-state index in [2.05, 4.69) is 40.1 Å². The van der Waals surface area contributed by atoms with Crippen molar-refractivity contribution in [1.29, 1.82) is 0 Å². The van der Waals surface area contributed by atoms with E-state index in [-0.39, 0.29) is 6.04 Å². The van der Waals surface area contributed by atoms with Crippen LogP contribution in [-0.4, -0.2) is 4.98 Å². The molecule has 2 aromatic heterocycles. The van der Waals surface area contributed by atoms with Crippen molar-refractivity contribution in [3.8, 4) is 0 Å². The summed E-state index contributed by atoms with van der Waals surface area (Å²) in [4.78, 5) is 4.08. The summed E-state index contributed by atoms with van der Waals surface area (Å²) in [5.74, 6) is 0.934. The number of nitrogens with one attached hydrogen (secondary N) is 1. The van der Waals surface area contributed by atoms with Crippen LogP contribution in [-0.2, 0) is 6.54 Å². The number of aryl methyl sites for hydroxylation is 1. The largest absolute Gasteiger partial charge is 0.453 e. The average molecular weight is 295 g/mol. The van der Waals surface area contributed by atoms with Gasteiger partial charge in [0, 0.05) is 18.9 Å². The molecule has 0 aliphatic heterocycles. The highest BCUT2D eigenvalue weighted by atomic mass is 79.9. The minimum atomic E-state index is 0.189. The van der Waals surface area contributed by atoms with Crippen LogP contribution in [0.25, 0.3) is 0 Å². The maximum absolute atomic E-state index is 5.51. The fourth-order valence-corrected chi connectivity index (χ4v) is 1.94. The van der Waals surface area contributed by atoms with E-state index in [1.165, 1.54) is 11.1 Å². The normalized spacial score (nSPS) is 12.6. The molecule has 90 valence electrons. The van der Waals surface area contributed by atoms with Crippen LogP contribution in [0.5, 0.6) is 0 Å². The van der Waals surface area contributed by atoms with Gasteiger partial charge in [-0.25, -0.2) is 0 Å². The Bertz CT molecular complexity index is 496. The number of pyridine rings is 1. The molecule has 0 saturated heterocycles. The Morgan fingerprint density at radius 2 is 2.24 bits per heavy atom. The molecule has 0 bridgehead atoms. The molecule has 0 aliphatic carbocycles. The van der Waals surface area contributed by atoms with Gasteiger partial charge in [0.05, 0.1) is 6.04 Å². The van der Waals surface area contributed by atoms with E-state index in [1.807, 2.05) is 30.6 Å². The van der Waals surface area contributed by atoms with Crippen molar-refractivity contribution in [2.75, 3.05) is 0 Å². The van der Waals surface area contributed by atoms with Crippen molar-refractivity contribution in [3.05, 3.63) is 52.1 Å². The van der Waals surface area contributed by atoms with Crippen LogP contribution in [0.4, 0.5) is 0 Å². The summed E-state index contributed by atoms with van der Waals surface area (Å²) in [7, 11) is 0. The molecule has 0 amide bonds. The van der Waals surface area contributed by atoms with Crippen LogP contribution in [0, 0.1) is 6.92 Å². The number of rotatable bonds is 4. The van der Waals surface area contributed by atoms with Crippen molar-refractivity contribution in [2.45, 2.75) is 26.4 Å². The molecular weight excluding hydrogens is 280 g/mol. The first kappa shape index (κ1) is 12.3. The highest BCUT2D eigenvalue weighted by molar-refractivity contribution is 9.10. The fraction of sp³-hybridized carbons (Fsp3) is 0.308. The van der Waals surface area contributed by atoms with Gasteiger partial charge in [0.15, 0.2) is 4.67 Å². The number of halogens is 1. The minimum absolute atomic E-state index is 0.189. The van der Waals surface area contributed by atoms with E-state index < -0.39 is 0 Å². The summed E-state index contributed by atoms with van der Waals surface area (Å²) in [5, 5.41) is 3.43. The van der Waals surface area contributed by atoms with Crippen molar-refractivity contribution >= 4 is 15.9 Å². The summed E-state index contributed by atoms with van der Waals surface area (Å²) in [6, 6.07) is 6.10. The van der Waals surface area contributed by atoms with Crippen molar-refractivity contribution in [2.24, 2.45) is 0 Å². The molecule has 1 atom stereocenters. The smallest absolute Gasteiger partial charge is 0.169 e. The second kappa shape index (κ2) is 5.47. The van der Waals surface area contributed by atoms with Gasteiger partial charge in [-0.3, -0.25) is 4.98 Å². The molecule has 2 heterocycles. The third-order valence-electron chi connectivity index (χ3n) is 2.76. The molecule has 2 aromatic rings. The van der Waals surface area contributed by atoms with E-state index in [9.17, 15) is 0 Å². The zero-order valence-electron chi connectivity index (χ0n) is 9.90. The van der Waals surface area contributed by atoms with Gasteiger partial charge >= 0.3 is 0 Å². The first-order valence-electron chi connectivity index (χ1n) is 5.55. The Labute approximate surface area is 109 Å². The molecule has 2 rings (SSSR count). The number of nitrogens with zero attached hydrogens (tertiary/aromatic N) is 1. The van der Waals surface area contributed by atoms with Crippen LogP contribution < -0.4 is 5.32 Å². The van der Waals surface area contributed by atoms with Crippen molar-refractivity contribution in [3.63, 3.8) is 0 Å². The second-order valence-corrected chi connectivity index (χ2v) is 4.83. The minimum Gasteiger partial charge on any atom is -0.453 e. The van der Waals surface area contributed by atoms with Crippen molar-refractivity contribution in [1.82, 2.24) is 10.3 Å². The molecule has 4 heteroatoms. The van der Waals surface area contributed by atoms with E-state index >= 15 is 0 Å². The third-order valence-corrected chi connectivity index (χ3v) is 3.18. The molecule has 0 fully saturated rings. The second-order valence-electron chi connectivity index (χ2n) is 4.05. The van der Waals surface area contributed by atoms with Gasteiger partial charge in [-0.2, -0.15) is 0 Å². The van der Waals surface area contributed by atoms with Gasteiger partial charge < -0.3 is 9.73 Å². The Hall–Kier alpha value is -1.13. The summed E-state index contributed by atoms with van der Waals surface area (Å²) < 4.78 is 6.27. The quantitative estimate of drug-likeness (QED) is 0.936. The summed E-state index contributed by atoms with van der Waals surface area (Å²) in [6.45, 7) is 4.97. The predicted molar refractivity (Wildman–Crippen MR) is 70.6 cm³/mol. The molecule has 17 heavy (non-hydrogen) atoms. The van der Waals surface area contributed by atoms with Gasteiger partial charge in [0.1, 0.15) is 5.76 Å². The van der Waals surface area contributed by atoms with Crippen LogP contribution in [0.1, 0.15) is 29.9 Å². The molecular formula is C13H15BrN2O. The average Bonchev–Trinajstić information content (AvgIpc) is 2.74. The topological polar surface area (TPSA) is 38.1 Å². The summed E-state index contributed by atoms with van der Waals surface area (Å²) in [5.41, 5.74) is 2.46. The standard InChI is InChI=1S/C13H15BrN2O/c1-9-7-15-6-5-11(9)8-16-10(2)12-3-4-13(14)17-12/h3-7,10,16H,8H2,1-2H3. The maximum atomic E-state index is 5.51. The zero-order valence-corrected chi connectivity index (χ0v) is 11.5. The van der Waals surface area contributed by atoms with Gasteiger partial charge in [0.25, 0.3) is 0 Å². The molecule has 0 saturated carbocycles. The Morgan fingerprint density at radius 3 is 2.88 bits per heavy atom. The van der Waals surface area contributed by atoms with Gasteiger partial charge in [-0.05, 0) is 59.1 Å². The Kier molecular flexibility index (Phi) is 3.97. The molecule has 0 spiro atoms. The highest BCUT2D eigenvalue weighted by Gasteiger charge is 2.09. The lowest BCUT2D eigenvalue weighted by molar-refractivity contribution is 0.417. The fourth-order valence-electron chi connectivity index (χ4n) is 1.63. The molecule has 0 aromatic carbocycles. The van der Waals surface area contributed by atoms with Crippen LogP contribution >= 0.6 is 15.9 Å². The number of hydrogen-bond acceptors (Lipinski definition) is 3. The lowest BCUT2D eigenvalue weighted by Gasteiger charge is -2.12. The van der Waals surface area contributed by atoms with Crippen LogP contribution in [0.2, 0.25) is 0 Å². The Balaban J connectivity index is 1.97. The molecule has 0 radical (unpaired) electrons. The van der Waals surface area contributed by atoms with Gasteiger partial charge in [0.2, 0.25) is 0 Å². The van der Waals surface area contributed by atoms with E-state index in [0.29, 0.717) is 0 Å². The lowest BCUT2D eigenvalue weighted by Crippen LogP contribution is -2.18. The Morgan fingerprint density at radius 1 is 1.41 bits per heavy atom. The SMILES string of the molecule is Cc1cnccc1CNC(C)c1ccc(Br)o1. The number of aromatic nitrogens is 1. The molecule has 0 aliphatic rings. The van der Waals surface area contributed by atoms with Gasteiger partial charge in [-0.1, -0.05) is 0 Å². The van der Waals surface area contributed by atoms with E-state index in [0.717, 1.165) is 17.0 Å². The monoisotopic (exact) mass is 294 g/mol. The highest BCUT2D eigenvalue weighted by Crippen LogP contribution is 2.20.